The number of aromatic nitrogens is 2. The van der Waals surface area contributed by atoms with Gasteiger partial charge < -0.3 is 20.1 Å². The van der Waals surface area contributed by atoms with Crippen LogP contribution in [0, 0.1) is 5.82 Å². The van der Waals surface area contributed by atoms with Crippen molar-refractivity contribution in [2.24, 2.45) is 0 Å². The number of hydrogen-bond acceptors (Lipinski definition) is 7. The zero-order valence-corrected chi connectivity index (χ0v) is 17.1. The van der Waals surface area contributed by atoms with Gasteiger partial charge >= 0.3 is 0 Å². The molecular weight excluding hydrogens is 399 g/mol. The highest BCUT2D eigenvalue weighted by Gasteiger charge is 2.09. The predicted molar refractivity (Wildman–Crippen MR) is 118 cm³/mol. The van der Waals surface area contributed by atoms with Gasteiger partial charge in [-0.15, -0.1) is 0 Å². The number of allylic oxidation sites excluding steroid dienone is 1. The predicted octanol–water partition coefficient (Wildman–Crippen LogP) is 4.43. The van der Waals surface area contributed by atoms with Crippen molar-refractivity contribution in [2.75, 3.05) is 31.0 Å². The monoisotopic (exact) mass is 422 g/mol. The number of carbonyl (C=O) groups excluding carboxylic acids is 1. The summed E-state index contributed by atoms with van der Waals surface area (Å²) in [4.78, 5) is 19.8. The molecule has 2 aromatic carbocycles. The summed E-state index contributed by atoms with van der Waals surface area (Å²) in [6.07, 6.45) is 2.59. The van der Waals surface area contributed by atoms with E-state index in [9.17, 15) is 9.18 Å². The second-order valence-electron chi connectivity index (χ2n) is 6.55. The van der Waals surface area contributed by atoms with Crippen molar-refractivity contribution in [2.45, 2.75) is 6.42 Å². The number of ketones is 1. The molecule has 0 amide bonds. The fourth-order valence-electron chi connectivity index (χ4n) is 2.69. The van der Waals surface area contributed by atoms with Crippen molar-refractivity contribution in [3.8, 4) is 5.75 Å². The lowest BCUT2D eigenvalue weighted by Gasteiger charge is -2.11. The average molecular weight is 422 g/mol. The summed E-state index contributed by atoms with van der Waals surface area (Å²) in [6, 6.07) is 14.3. The van der Waals surface area contributed by atoms with Gasteiger partial charge in [0, 0.05) is 24.9 Å². The molecule has 0 unspecified atom stereocenters. The van der Waals surface area contributed by atoms with E-state index < -0.39 is 5.82 Å². The third-order valence-electron chi connectivity index (χ3n) is 4.21. The molecule has 0 fully saturated rings. The quantitative estimate of drug-likeness (QED) is 0.349. The summed E-state index contributed by atoms with van der Waals surface area (Å²) in [5.41, 5.74) is 2.12. The molecule has 2 N–H and O–H groups in total. The lowest BCUT2D eigenvalue weighted by molar-refractivity contribution is -0.114. The molecule has 3 rings (SSSR count). The van der Waals surface area contributed by atoms with Crippen LogP contribution in [0.2, 0.25) is 0 Å². The topological polar surface area (TPSA) is 85.4 Å². The highest BCUT2D eigenvalue weighted by Crippen LogP contribution is 2.22. The van der Waals surface area contributed by atoms with Crippen molar-refractivity contribution in [3.63, 3.8) is 0 Å². The molecule has 0 radical (unpaired) electrons. The Morgan fingerprint density at radius 2 is 1.94 bits per heavy atom. The van der Waals surface area contributed by atoms with Crippen molar-refractivity contribution in [1.29, 1.82) is 0 Å². The van der Waals surface area contributed by atoms with Gasteiger partial charge in [-0.1, -0.05) is 18.7 Å². The molecule has 0 spiro atoms. The van der Waals surface area contributed by atoms with E-state index in [1.165, 1.54) is 6.08 Å². The molecule has 31 heavy (non-hydrogen) atoms. The summed E-state index contributed by atoms with van der Waals surface area (Å²) >= 11 is 0. The Kier molecular flexibility index (Phi) is 7.67. The summed E-state index contributed by atoms with van der Waals surface area (Å²) in [6.45, 7) is 4.44. The third-order valence-corrected chi connectivity index (χ3v) is 4.21. The van der Waals surface area contributed by atoms with Crippen LogP contribution in [0.15, 0.2) is 67.4 Å². The molecule has 0 saturated heterocycles. The molecular formula is C23H23FN4O3. The van der Waals surface area contributed by atoms with Crippen LogP contribution in [0.1, 0.15) is 5.56 Å². The van der Waals surface area contributed by atoms with E-state index >= 15 is 0 Å². The Bertz CT molecular complexity index is 1040. The normalized spacial score (nSPS) is 10.4. The van der Waals surface area contributed by atoms with Gasteiger partial charge in [-0.2, -0.15) is 4.98 Å². The van der Waals surface area contributed by atoms with Crippen LogP contribution in [-0.4, -0.2) is 36.1 Å². The molecule has 0 aliphatic rings. The van der Waals surface area contributed by atoms with Gasteiger partial charge in [0.1, 0.15) is 12.4 Å². The van der Waals surface area contributed by atoms with Gasteiger partial charge in [0.05, 0.1) is 12.8 Å². The third kappa shape index (κ3) is 6.61. The fourth-order valence-corrected chi connectivity index (χ4v) is 2.69. The van der Waals surface area contributed by atoms with E-state index in [1.54, 1.807) is 37.4 Å². The highest BCUT2D eigenvalue weighted by molar-refractivity contribution is 5.91. The van der Waals surface area contributed by atoms with Crippen LogP contribution >= 0.6 is 0 Å². The SMILES string of the molecule is C=CC(=O)Cc1cccc(Nc2nc(Nc3ccc(OCCOC)cc3)ncc2F)c1. The first-order valence-electron chi connectivity index (χ1n) is 9.60. The summed E-state index contributed by atoms with van der Waals surface area (Å²) in [5, 5.41) is 5.96. The van der Waals surface area contributed by atoms with Crippen LogP contribution in [0.5, 0.6) is 5.75 Å². The number of methoxy groups -OCH3 is 1. The zero-order chi connectivity index (χ0) is 22.1. The van der Waals surface area contributed by atoms with Crippen LogP contribution in [0.3, 0.4) is 0 Å². The standard InChI is InChI=1S/C23H23FN4O3/c1-3-19(29)14-16-5-4-6-18(13-16)26-22-21(24)15-25-23(28-22)27-17-7-9-20(10-8-17)31-12-11-30-2/h3-10,13,15H,1,11-12,14H2,2H3,(H2,25,26,27,28). The van der Waals surface area contributed by atoms with Gasteiger partial charge in [0.15, 0.2) is 17.4 Å². The second-order valence-corrected chi connectivity index (χ2v) is 6.55. The van der Waals surface area contributed by atoms with E-state index in [2.05, 4.69) is 27.2 Å². The first-order chi connectivity index (χ1) is 15.1. The molecule has 0 saturated carbocycles. The number of rotatable bonds is 11. The van der Waals surface area contributed by atoms with Crippen molar-refractivity contribution < 1.29 is 18.7 Å². The lowest BCUT2D eigenvalue weighted by Crippen LogP contribution is -2.05. The first-order valence-corrected chi connectivity index (χ1v) is 9.60. The second kappa shape index (κ2) is 10.8. The number of hydrogen-bond donors (Lipinski definition) is 2. The molecule has 1 aromatic heterocycles. The number of carbonyl (C=O) groups is 1. The Morgan fingerprint density at radius 1 is 1.13 bits per heavy atom. The van der Waals surface area contributed by atoms with Crippen LogP contribution in [0.25, 0.3) is 0 Å². The van der Waals surface area contributed by atoms with Crippen LogP contribution < -0.4 is 15.4 Å². The zero-order valence-electron chi connectivity index (χ0n) is 17.1. The molecule has 7 nitrogen and oxygen atoms in total. The largest absolute Gasteiger partial charge is 0.491 e. The number of anilines is 4. The molecule has 1 heterocycles. The van der Waals surface area contributed by atoms with Crippen molar-refractivity contribution in [3.05, 3.63) is 78.8 Å². The minimum absolute atomic E-state index is 0.0178. The minimum atomic E-state index is -0.597. The maximum Gasteiger partial charge on any atom is 0.229 e. The lowest BCUT2D eigenvalue weighted by atomic mass is 10.1. The Morgan fingerprint density at radius 3 is 2.68 bits per heavy atom. The maximum absolute atomic E-state index is 14.3. The number of nitrogens with one attached hydrogen (secondary N) is 2. The van der Waals surface area contributed by atoms with Crippen molar-refractivity contribution in [1.82, 2.24) is 9.97 Å². The molecule has 0 atom stereocenters. The van der Waals surface area contributed by atoms with Gasteiger partial charge in [0.25, 0.3) is 0 Å². The van der Waals surface area contributed by atoms with Crippen LogP contribution in [-0.2, 0) is 16.0 Å². The van der Waals surface area contributed by atoms with Gasteiger partial charge in [0.2, 0.25) is 5.95 Å². The van der Waals surface area contributed by atoms with Crippen LogP contribution in [0.4, 0.5) is 27.5 Å². The number of nitrogens with zero attached hydrogens (tertiary/aromatic N) is 2. The highest BCUT2D eigenvalue weighted by atomic mass is 19.1. The number of benzene rings is 2. The Hall–Kier alpha value is -3.78. The van der Waals surface area contributed by atoms with E-state index in [4.69, 9.17) is 9.47 Å². The first kappa shape index (κ1) is 21.9. The minimum Gasteiger partial charge on any atom is -0.491 e. The fraction of sp³-hybridized carbons (Fsp3) is 0.174. The average Bonchev–Trinajstić information content (AvgIpc) is 2.77. The van der Waals surface area contributed by atoms with Crippen molar-refractivity contribution >= 4 is 28.9 Å². The summed E-state index contributed by atoms with van der Waals surface area (Å²) < 4.78 is 24.7. The molecule has 8 heteroatoms. The number of halogens is 1. The van der Waals surface area contributed by atoms with E-state index in [-0.39, 0.29) is 24.0 Å². The Labute approximate surface area is 180 Å². The summed E-state index contributed by atoms with van der Waals surface area (Å²) in [5.74, 6) is 0.269. The smallest absolute Gasteiger partial charge is 0.229 e. The Balaban J connectivity index is 1.68. The van der Waals surface area contributed by atoms with E-state index in [0.717, 1.165) is 17.4 Å². The summed E-state index contributed by atoms with van der Waals surface area (Å²) in [7, 11) is 1.61. The number of ether oxygens (including phenoxy) is 2. The van der Waals surface area contributed by atoms with Gasteiger partial charge in [-0.05, 0) is 48.0 Å². The molecule has 0 aliphatic carbocycles. The molecule has 3 aromatic rings. The van der Waals surface area contributed by atoms with E-state index in [0.29, 0.717) is 24.7 Å². The molecule has 160 valence electrons. The molecule has 0 aliphatic heterocycles. The molecule has 0 bridgehead atoms. The maximum atomic E-state index is 14.3. The van der Waals surface area contributed by atoms with Gasteiger partial charge in [-0.25, -0.2) is 9.37 Å². The van der Waals surface area contributed by atoms with E-state index in [1.807, 2.05) is 18.2 Å². The van der Waals surface area contributed by atoms with Gasteiger partial charge in [-0.3, -0.25) is 4.79 Å².